The number of nitrogens with zero attached hydrogens (tertiary/aromatic N) is 1. The van der Waals surface area contributed by atoms with Crippen LogP contribution in [0.25, 0.3) is 6.08 Å². The molecule has 0 aliphatic heterocycles. The van der Waals surface area contributed by atoms with E-state index < -0.39 is 0 Å². The van der Waals surface area contributed by atoms with Crippen molar-refractivity contribution >= 4 is 23.6 Å². The first-order valence-corrected chi connectivity index (χ1v) is 7.39. The van der Waals surface area contributed by atoms with E-state index in [1.165, 1.54) is 6.08 Å². The molecule has 0 saturated heterocycles. The van der Waals surface area contributed by atoms with Gasteiger partial charge in [0.25, 0.3) is 5.91 Å². The number of benzene rings is 1. The van der Waals surface area contributed by atoms with Crippen LogP contribution in [0.3, 0.4) is 0 Å². The fourth-order valence-electron chi connectivity index (χ4n) is 1.97. The Morgan fingerprint density at radius 2 is 2.04 bits per heavy atom. The summed E-state index contributed by atoms with van der Waals surface area (Å²) < 4.78 is 0. The summed E-state index contributed by atoms with van der Waals surface area (Å²) in [6.07, 6.45) is 4.72. The largest absolute Gasteiger partial charge is 0.352 e. The summed E-state index contributed by atoms with van der Waals surface area (Å²) in [6, 6.07) is 10.7. The van der Waals surface area contributed by atoms with Crippen molar-refractivity contribution < 1.29 is 9.59 Å². The van der Waals surface area contributed by atoms with Gasteiger partial charge in [-0.25, -0.2) is 0 Å². The zero-order chi connectivity index (χ0) is 16.7. The van der Waals surface area contributed by atoms with E-state index in [9.17, 15) is 9.59 Å². The quantitative estimate of drug-likeness (QED) is 0.834. The van der Waals surface area contributed by atoms with Gasteiger partial charge in [0.1, 0.15) is 0 Å². The van der Waals surface area contributed by atoms with Crippen molar-refractivity contribution in [2.75, 3.05) is 11.9 Å². The molecule has 1 aromatic carbocycles. The predicted molar refractivity (Wildman–Crippen MR) is 91.1 cm³/mol. The number of hydrogen-bond donors (Lipinski definition) is 2. The second kappa shape index (κ2) is 7.89. The maximum Gasteiger partial charge on any atom is 0.251 e. The lowest BCUT2D eigenvalue weighted by molar-refractivity contribution is -0.111. The average Bonchev–Trinajstić information content (AvgIpc) is 2.56. The molecule has 0 aliphatic carbocycles. The standard InChI is InChI=1S/C18H19N3O2/c1-3-19-18(23)14-8-7-13(2)16(12-14)21-17(22)10-9-15-6-4-5-11-20-15/h4-12H,3H2,1-2H3,(H,19,23)(H,21,22)/b10-9+. The third-order valence-corrected chi connectivity index (χ3v) is 3.19. The minimum Gasteiger partial charge on any atom is -0.352 e. The molecule has 0 atom stereocenters. The lowest BCUT2D eigenvalue weighted by Crippen LogP contribution is -2.23. The van der Waals surface area contributed by atoms with Crippen LogP contribution in [-0.4, -0.2) is 23.3 Å². The van der Waals surface area contributed by atoms with Gasteiger partial charge in [-0.15, -0.1) is 0 Å². The SMILES string of the molecule is CCNC(=O)c1ccc(C)c(NC(=O)/C=C/c2ccccn2)c1. The Morgan fingerprint density at radius 3 is 2.74 bits per heavy atom. The summed E-state index contributed by atoms with van der Waals surface area (Å²) in [4.78, 5) is 28.0. The van der Waals surface area contributed by atoms with Crippen LogP contribution in [-0.2, 0) is 4.79 Å². The van der Waals surface area contributed by atoms with E-state index in [1.807, 2.05) is 38.1 Å². The molecule has 1 heterocycles. The van der Waals surface area contributed by atoms with Gasteiger partial charge in [-0.3, -0.25) is 14.6 Å². The van der Waals surface area contributed by atoms with Gasteiger partial charge in [0.2, 0.25) is 5.91 Å². The summed E-state index contributed by atoms with van der Waals surface area (Å²) >= 11 is 0. The number of anilines is 1. The number of hydrogen-bond acceptors (Lipinski definition) is 3. The molecule has 0 saturated carbocycles. The lowest BCUT2D eigenvalue weighted by atomic mass is 10.1. The zero-order valence-corrected chi connectivity index (χ0v) is 13.2. The molecular formula is C18H19N3O2. The Bertz CT molecular complexity index is 724. The van der Waals surface area contributed by atoms with Crippen LogP contribution < -0.4 is 10.6 Å². The molecule has 5 heteroatoms. The van der Waals surface area contributed by atoms with Crippen LogP contribution in [0.15, 0.2) is 48.7 Å². The number of aromatic nitrogens is 1. The molecule has 5 nitrogen and oxygen atoms in total. The van der Waals surface area contributed by atoms with Crippen LogP contribution in [0.1, 0.15) is 28.5 Å². The van der Waals surface area contributed by atoms with Crippen LogP contribution >= 0.6 is 0 Å². The number of carbonyl (C=O) groups excluding carboxylic acids is 2. The number of amides is 2. The number of rotatable bonds is 5. The summed E-state index contributed by atoms with van der Waals surface area (Å²) in [5, 5.41) is 5.52. The zero-order valence-electron chi connectivity index (χ0n) is 13.2. The number of nitrogens with one attached hydrogen (secondary N) is 2. The van der Waals surface area contributed by atoms with Crippen molar-refractivity contribution in [3.63, 3.8) is 0 Å². The summed E-state index contributed by atoms with van der Waals surface area (Å²) in [5.41, 5.74) is 2.72. The first-order chi connectivity index (χ1) is 11.1. The molecule has 118 valence electrons. The third-order valence-electron chi connectivity index (χ3n) is 3.19. The average molecular weight is 309 g/mol. The Balaban J connectivity index is 2.09. The molecule has 2 N–H and O–H groups in total. The second-order valence-electron chi connectivity index (χ2n) is 4.97. The van der Waals surface area contributed by atoms with Crippen molar-refractivity contribution in [1.29, 1.82) is 0 Å². The maximum atomic E-state index is 12.0. The van der Waals surface area contributed by atoms with E-state index in [0.717, 1.165) is 5.56 Å². The minimum atomic E-state index is -0.271. The smallest absolute Gasteiger partial charge is 0.251 e. The Hall–Kier alpha value is -2.95. The second-order valence-corrected chi connectivity index (χ2v) is 4.97. The van der Waals surface area contributed by atoms with E-state index in [0.29, 0.717) is 23.5 Å². The predicted octanol–water partition coefficient (Wildman–Crippen LogP) is 2.79. The van der Waals surface area contributed by atoms with Gasteiger partial charge >= 0.3 is 0 Å². The highest BCUT2D eigenvalue weighted by Gasteiger charge is 2.08. The minimum absolute atomic E-state index is 0.160. The van der Waals surface area contributed by atoms with Gasteiger partial charge in [0.05, 0.1) is 5.69 Å². The molecule has 2 rings (SSSR count). The number of aryl methyl sites for hydroxylation is 1. The first-order valence-electron chi connectivity index (χ1n) is 7.39. The van der Waals surface area contributed by atoms with Crippen molar-refractivity contribution in [2.45, 2.75) is 13.8 Å². The van der Waals surface area contributed by atoms with Gasteiger partial charge < -0.3 is 10.6 Å². The van der Waals surface area contributed by atoms with Crippen molar-refractivity contribution in [1.82, 2.24) is 10.3 Å². The highest BCUT2D eigenvalue weighted by Crippen LogP contribution is 2.17. The molecule has 2 amide bonds. The molecule has 0 aliphatic rings. The van der Waals surface area contributed by atoms with E-state index in [1.54, 1.807) is 24.4 Å². The molecule has 0 fully saturated rings. The summed E-state index contributed by atoms with van der Waals surface area (Å²) in [7, 11) is 0. The van der Waals surface area contributed by atoms with Crippen LogP contribution in [0.2, 0.25) is 0 Å². The monoisotopic (exact) mass is 309 g/mol. The van der Waals surface area contributed by atoms with E-state index in [2.05, 4.69) is 15.6 Å². The Kier molecular flexibility index (Phi) is 5.63. The molecule has 0 unspecified atom stereocenters. The molecule has 1 aromatic heterocycles. The Morgan fingerprint density at radius 1 is 1.22 bits per heavy atom. The topological polar surface area (TPSA) is 71.1 Å². The normalized spacial score (nSPS) is 10.5. The number of carbonyl (C=O) groups is 2. The number of pyridine rings is 1. The van der Waals surface area contributed by atoms with Gasteiger partial charge in [-0.1, -0.05) is 12.1 Å². The maximum absolute atomic E-state index is 12.0. The van der Waals surface area contributed by atoms with Gasteiger partial charge in [-0.2, -0.15) is 0 Å². The van der Waals surface area contributed by atoms with Crippen LogP contribution in [0, 0.1) is 6.92 Å². The molecule has 0 radical (unpaired) electrons. The fourth-order valence-corrected chi connectivity index (χ4v) is 1.97. The summed E-state index contributed by atoms with van der Waals surface area (Å²) in [5.74, 6) is -0.432. The highest BCUT2D eigenvalue weighted by atomic mass is 16.2. The van der Waals surface area contributed by atoms with E-state index >= 15 is 0 Å². The van der Waals surface area contributed by atoms with Crippen molar-refractivity contribution in [3.05, 3.63) is 65.5 Å². The summed E-state index contributed by atoms with van der Waals surface area (Å²) in [6.45, 7) is 4.29. The van der Waals surface area contributed by atoms with E-state index in [4.69, 9.17) is 0 Å². The van der Waals surface area contributed by atoms with Crippen molar-refractivity contribution in [3.8, 4) is 0 Å². The highest BCUT2D eigenvalue weighted by molar-refractivity contribution is 6.03. The molecule has 2 aromatic rings. The van der Waals surface area contributed by atoms with Gasteiger partial charge in [-0.05, 0) is 49.8 Å². The molecular weight excluding hydrogens is 290 g/mol. The Labute approximate surface area is 135 Å². The van der Waals surface area contributed by atoms with Crippen LogP contribution in [0.5, 0.6) is 0 Å². The molecule has 0 bridgehead atoms. The molecule has 23 heavy (non-hydrogen) atoms. The molecule has 0 spiro atoms. The van der Waals surface area contributed by atoms with Gasteiger partial charge in [0.15, 0.2) is 0 Å². The van der Waals surface area contributed by atoms with Gasteiger partial charge in [0, 0.05) is 30.1 Å². The van der Waals surface area contributed by atoms with Crippen molar-refractivity contribution in [2.24, 2.45) is 0 Å². The third kappa shape index (κ3) is 4.78. The first kappa shape index (κ1) is 16.4. The lowest BCUT2D eigenvalue weighted by Gasteiger charge is -2.09. The van der Waals surface area contributed by atoms with Crippen LogP contribution in [0.4, 0.5) is 5.69 Å². The fraction of sp³-hybridized carbons (Fsp3) is 0.167. The van der Waals surface area contributed by atoms with E-state index in [-0.39, 0.29) is 11.8 Å².